The van der Waals surface area contributed by atoms with Gasteiger partial charge in [-0.2, -0.15) is 0 Å². The molecule has 4 nitrogen and oxygen atoms in total. The van der Waals surface area contributed by atoms with E-state index in [1.807, 2.05) is 25.7 Å². The van der Waals surface area contributed by atoms with Crippen molar-refractivity contribution in [1.82, 2.24) is 4.90 Å². The zero-order chi connectivity index (χ0) is 18.0. The van der Waals surface area contributed by atoms with Crippen molar-refractivity contribution in [3.63, 3.8) is 0 Å². The maximum absolute atomic E-state index is 10.3. The van der Waals surface area contributed by atoms with Crippen molar-refractivity contribution in [2.45, 2.75) is 83.1 Å². The second-order valence-electron chi connectivity index (χ2n) is 8.74. The van der Waals surface area contributed by atoms with Crippen LogP contribution in [0.4, 0.5) is 5.69 Å². The largest absolute Gasteiger partial charge is 0.398 e. The molecule has 1 saturated carbocycles. The van der Waals surface area contributed by atoms with Crippen LogP contribution in [0, 0.1) is 0 Å². The van der Waals surface area contributed by atoms with E-state index in [9.17, 15) is 5.11 Å². The van der Waals surface area contributed by atoms with E-state index in [2.05, 4.69) is 18.2 Å². The van der Waals surface area contributed by atoms with Gasteiger partial charge in [-0.25, -0.2) is 0 Å². The Balaban J connectivity index is 1.62. The van der Waals surface area contributed by atoms with Crippen LogP contribution >= 0.6 is 0 Å². The molecule has 1 unspecified atom stereocenters. The molecule has 0 aromatic heterocycles. The number of nitrogens with zero attached hydrogens (tertiary/aromatic N) is 1. The van der Waals surface area contributed by atoms with E-state index in [0.717, 1.165) is 31.6 Å². The summed E-state index contributed by atoms with van der Waals surface area (Å²) >= 11 is 0. The molecular formula is C21H34N2O2. The van der Waals surface area contributed by atoms with E-state index < -0.39 is 6.41 Å². The summed E-state index contributed by atoms with van der Waals surface area (Å²) in [5, 5.41) is 10.3. The fraction of sp³-hybridized carbons (Fsp3) is 0.714. The lowest BCUT2D eigenvalue weighted by Gasteiger charge is -2.37. The first-order valence-corrected chi connectivity index (χ1v) is 9.83. The van der Waals surface area contributed by atoms with Crippen molar-refractivity contribution < 1.29 is 9.84 Å². The Hall–Kier alpha value is -1.10. The number of aliphatic hydroxyl groups excluding tert-OH is 1. The molecule has 140 valence electrons. The number of aliphatic hydroxyl groups is 1. The Morgan fingerprint density at radius 3 is 2.32 bits per heavy atom. The summed E-state index contributed by atoms with van der Waals surface area (Å²) in [4.78, 5) is 2.04. The minimum atomic E-state index is -0.804. The van der Waals surface area contributed by atoms with Gasteiger partial charge >= 0.3 is 0 Å². The van der Waals surface area contributed by atoms with E-state index in [0.29, 0.717) is 11.8 Å². The van der Waals surface area contributed by atoms with E-state index in [1.165, 1.54) is 36.8 Å². The summed E-state index contributed by atoms with van der Waals surface area (Å²) in [5.41, 5.74) is 9.68. The molecule has 1 saturated heterocycles. The monoisotopic (exact) mass is 346 g/mol. The molecule has 1 aliphatic heterocycles. The molecule has 1 aromatic carbocycles. The van der Waals surface area contributed by atoms with Crippen LogP contribution in [-0.4, -0.2) is 35.1 Å². The molecule has 0 radical (unpaired) electrons. The third-order valence-electron chi connectivity index (χ3n) is 5.68. The van der Waals surface area contributed by atoms with Crippen LogP contribution < -0.4 is 5.73 Å². The Bertz CT molecular complexity index is 568. The van der Waals surface area contributed by atoms with Gasteiger partial charge in [-0.15, -0.1) is 0 Å². The van der Waals surface area contributed by atoms with Crippen molar-refractivity contribution in [2.75, 3.05) is 18.8 Å². The summed E-state index contributed by atoms with van der Waals surface area (Å²) < 4.78 is 5.69. The Morgan fingerprint density at radius 1 is 1.08 bits per heavy atom. The van der Waals surface area contributed by atoms with Crippen LogP contribution in [0.5, 0.6) is 0 Å². The lowest BCUT2D eigenvalue weighted by molar-refractivity contribution is -0.242. The van der Waals surface area contributed by atoms with Gasteiger partial charge in [0.25, 0.3) is 0 Å². The highest BCUT2D eigenvalue weighted by Gasteiger charge is 2.28. The number of hydrogen-bond donors (Lipinski definition) is 2. The van der Waals surface area contributed by atoms with Crippen molar-refractivity contribution in [3.8, 4) is 0 Å². The quantitative estimate of drug-likeness (QED) is 0.634. The van der Waals surface area contributed by atoms with E-state index in [4.69, 9.17) is 10.5 Å². The predicted octanol–water partition coefficient (Wildman–Crippen LogP) is 4.20. The molecule has 0 amide bonds. The Kier molecular flexibility index (Phi) is 5.71. The van der Waals surface area contributed by atoms with E-state index in [-0.39, 0.29) is 5.60 Å². The number of nitrogens with two attached hydrogens (primary N) is 1. The average Bonchev–Trinajstić information content (AvgIpc) is 3.08. The topological polar surface area (TPSA) is 58.7 Å². The lowest BCUT2D eigenvalue weighted by atomic mass is 9.86. The van der Waals surface area contributed by atoms with Crippen molar-refractivity contribution in [1.29, 1.82) is 0 Å². The van der Waals surface area contributed by atoms with Gasteiger partial charge in [0.15, 0.2) is 0 Å². The van der Waals surface area contributed by atoms with Crippen molar-refractivity contribution >= 4 is 5.69 Å². The molecular weight excluding hydrogens is 312 g/mol. The standard InChI is InChI=1S/C21H34N2O2/c1-21(2,3)25-20(24)23-12-10-15(11-13-23)17-8-9-19(22)18(14-17)16-6-4-5-7-16/h8-9,14-16,20,24H,4-7,10-13,22H2,1-3H3. The maximum Gasteiger partial charge on any atom is 0.216 e. The van der Waals surface area contributed by atoms with E-state index >= 15 is 0 Å². The van der Waals surface area contributed by atoms with Gasteiger partial charge < -0.3 is 15.6 Å². The SMILES string of the molecule is CC(C)(C)OC(O)N1CCC(c2ccc(N)c(C3CCCC3)c2)CC1. The molecule has 0 bridgehead atoms. The first kappa shape index (κ1) is 18.7. The van der Waals surface area contributed by atoms with Gasteiger partial charge in [-0.3, -0.25) is 4.90 Å². The molecule has 1 atom stereocenters. The Labute approximate surface area is 152 Å². The number of hydrogen-bond acceptors (Lipinski definition) is 4. The number of anilines is 1. The minimum absolute atomic E-state index is 0.330. The number of nitrogen functional groups attached to an aromatic ring is 1. The van der Waals surface area contributed by atoms with Crippen molar-refractivity contribution in [2.24, 2.45) is 0 Å². The maximum atomic E-state index is 10.3. The zero-order valence-electron chi connectivity index (χ0n) is 16.0. The van der Waals surface area contributed by atoms with Crippen LogP contribution in [0.3, 0.4) is 0 Å². The lowest BCUT2D eigenvalue weighted by Crippen LogP contribution is -2.45. The molecule has 3 N–H and O–H groups in total. The van der Waals surface area contributed by atoms with Crippen LogP contribution in [0.15, 0.2) is 18.2 Å². The molecule has 1 aliphatic carbocycles. The second kappa shape index (κ2) is 7.65. The number of rotatable bonds is 4. The molecule has 2 fully saturated rings. The first-order valence-electron chi connectivity index (χ1n) is 9.83. The first-order chi connectivity index (χ1) is 11.8. The second-order valence-corrected chi connectivity index (χ2v) is 8.74. The van der Waals surface area contributed by atoms with E-state index in [1.54, 1.807) is 0 Å². The molecule has 25 heavy (non-hydrogen) atoms. The fourth-order valence-corrected chi connectivity index (χ4v) is 4.28. The number of ether oxygens (including phenoxy) is 1. The summed E-state index contributed by atoms with van der Waals surface area (Å²) in [6.07, 6.45) is 6.53. The van der Waals surface area contributed by atoms with Gasteiger partial charge in [0.2, 0.25) is 6.41 Å². The molecule has 3 rings (SSSR count). The average molecular weight is 347 g/mol. The summed E-state index contributed by atoms with van der Waals surface area (Å²) in [5.74, 6) is 1.21. The van der Waals surface area contributed by atoms with Crippen LogP contribution in [0.1, 0.15) is 82.3 Å². The zero-order valence-corrected chi connectivity index (χ0v) is 16.0. The minimum Gasteiger partial charge on any atom is -0.398 e. The van der Waals surface area contributed by atoms with Crippen molar-refractivity contribution in [3.05, 3.63) is 29.3 Å². The van der Waals surface area contributed by atoms with Crippen LogP contribution in [-0.2, 0) is 4.74 Å². The highest BCUT2D eigenvalue weighted by molar-refractivity contribution is 5.51. The molecule has 2 aliphatic rings. The predicted molar refractivity (Wildman–Crippen MR) is 102 cm³/mol. The van der Waals surface area contributed by atoms with Gasteiger partial charge in [-0.1, -0.05) is 25.0 Å². The van der Waals surface area contributed by atoms with Gasteiger partial charge in [-0.05, 0) is 75.5 Å². The fourth-order valence-electron chi connectivity index (χ4n) is 4.28. The number of benzene rings is 1. The molecule has 0 spiro atoms. The Morgan fingerprint density at radius 2 is 1.72 bits per heavy atom. The van der Waals surface area contributed by atoms with Crippen LogP contribution in [0.2, 0.25) is 0 Å². The van der Waals surface area contributed by atoms with Crippen LogP contribution in [0.25, 0.3) is 0 Å². The molecule has 1 aromatic rings. The smallest absolute Gasteiger partial charge is 0.216 e. The molecule has 1 heterocycles. The van der Waals surface area contributed by atoms with Gasteiger partial charge in [0, 0.05) is 18.8 Å². The number of likely N-dealkylation sites (tertiary alicyclic amines) is 1. The van der Waals surface area contributed by atoms with Gasteiger partial charge in [0.1, 0.15) is 0 Å². The van der Waals surface area contributed by atoms with Gasteiger partial charge in [0.05, 0.1) is 5.60 Å². The highest BCUT2D eigenvalue weighted by atomic mass is 16.6. The normalized spacial score (nSPS) is 22.4. The third-order valence-corrected chi connectivity index (χ3v) is 5.68. The molecule has 4 heteroatoms. The summed E-state index contributed by atoms with van der Waals surface area (Å²) in [6, 6.07) is 6.68. The third kappa shape index (κ3) is 4.75. The summed E-state index contributed by atoms with van der Waals surface area (Å²) in [6.45, 7) is 7.65. The summed E-state index contributed by atoms with van der Waals surface area (Å²) in [7, 11) is 0. The number of piperidine rings is 1. The highest BCUT2D eigenvalue weighted by Crippen LogP contribution is 2.39.